The summed E-state index contributed by atoms with van der Waals surface area (Å²) in [5.74, 6) is -4.15. The van der Waals surface area contributed by atoms with Crippen LogP contribution >= 0.6 is 0 Å². The maximum Gasteiger partial charge on any atom is 0.586 e. The Kier molecular flexibility index (Phi) is 7.24. The van der Waals surface area contributed by atoms with Crippen LogP contribution in [0.15, 0.2) is 48.5 Å². The minimum Gasteiger partial charge on any atom is -0.497 e. The zero-order valence-corrected chi connectivity index (χ0v) is 23.8. The Morgan fingerprint density at radius 3 is 2.40 bits per heavy atom. The highest BCUT2D eigenvalue weighted by Crippen LogP contribution is 2.58. The van der Waals surface area contributed by atoms with Gasteiger partial charge < -0.3 is 29.7 Å². The number of alkyl halides is 2. The van der Waals surface area contributed by atoms with Crippen molar-refractivity contribution >= 4 is 17.8 Å². The maximum absolute atomic E-state index is 13.8. The summed E-state index contributed by atoms with van der Waals surface area (Å²) in [7, 11) is 1.50. The first-order chi connectivity index (χ1) is 19.7. The van der Waals surface area contributed by atoms with Crippen molar-refractivity contribution in [2.45, 2.75) is 57.8 Å². The molecule has 0 amide bonds. The average molecular weight is 583 g/mol. The topological polar surface area (TPSA) is 127 Å². The molecule has 4 atom stereocenters. The number of carbonyl (C=O) groups is 2. The zero-order chi connectivity index (χ0) is 30.6. The number of carboxylic acids is 2. The van der Waals surface area contributed by atoms with E-state index in [1.54, 1.807) is 50.2 Å². The van der Waals surface area contributed by atoms with Gasteiger partial charge in [-0.25, -0.2) is 4.98 Å². The van der Waals surface area contributed by atoms with Crippen LogP contribution in [0.2, 0.25) is 0 Å². The van der Waals surface area contributed by atoms with Crippen LogP contribution in [0.4, 0.5) is 14.6 Å². The number of hydrogen-bond acceptors (Lipinski definition) is 7. The molecule has 2 aromatic carbocycles. The molecule has 3 aromatic rings. The van der Waals surface area contributed by atoms with Gasteiger partial charge in [0.15, 0.2) is 11.5 Å². The van der Waals surface area contributed by atoms with Gasteiger partial charge in [0.1, 0.15) is 11.6 Å². The number of halogens is 2. The first-order valence-corrected chi connectivity index (χ1v) is 13.6. The first-order valence-electron chi connectivity index (χ1n) is 13.6. The average Bonchev–Trinajstić information content (AvgIpc) is 3.37. The fraction of sp³-hybridized carbons (Fsp3) is 0.387. The summed E-state index contributed by atoms with van der Waals surface area (Å²) in [5.41, 5.74) is 1.47. The number of pyridine rings is 1. The van der Waals surface area contributed by atoms with Crippen LogP contribution < -0.4 is 19.5 Å². The highest BCUT2D eigenvalue weighted by atomic mass is 19.3. The molecule has 2 heterocycles. The quantitative estimate of drug-likeness (QED) is 0.293. The number of nitrogens with one attached hydrogen (secondary N) is 1. The van der Waals surface area contributed by atoms with E-state index in [9.17, 15) is 28.6 Å². The number of benzene rings is 2. The number of nitrogens with zero attached hydrogens (tertiary/aromatic N) is 1. The standard InChI is InChI=1S/C31H32F2N2O7/c1-15(2)34-24-11-8-20-25(17-6-10-22-23(14-17)42-31(32,33)41-22)26(29(38)39)30(4,27(20)35-24)21-9-7-19(40-5)13-18(21)12-16(3)28(36)37/h6-11,13-16,25-26H,12H2,1-5H3,(H,34,35)(H,36,37)(H,38,39)/t16?,25-,26-,30?/m0/s1. The predicted molar refractivity (Wildman–Crippen MR) is 149 cm³/mol. The molecule has 42 heavy (non-hydrogen) atoms. The van der Waals surface area contributed by atoms with E-state index < -0.39 is 41.4 Å². The highest BCUT2D eigenvalue weighted by Gasteiger charge is 2.57. The van der Waals surface area contributed by atoms with E-state index in [1.165, 1.54) is 19.2 Å². The van der Waals surface area contributed by atoms with Gasteiger partial charge in [-0.15, -0.1) is 8.78 Å². The van der Waals surface area contributed by atoms with Crippen molar-refractivity contribution in [3.8, 4) is 17.2 Å². The van der Waals surface area contributed by atoms with Crippen LogP contribution in [0.25, 0.3) is 0 Å². The molecule has 0 spiro atoms. The fourth-order valence-electron chi connectivity index (χ4n) is 6.18. The second kappa shape index (κ2) is 10.5. The summed E-state index contributed by atoms with van der Waals surface area (Å²) in [5, 5.41) is 23.8. The molecule has 1 aliphatic heterocycles. The molecule has 9 nitrogen and oxygen atoms in total. The van der Waals surface area contributed by atoms with Gasteiger partial charge in [-0.3, -0.25) is 9.59 Å². The minimum absolute atomic E-state index is 0.0396. The molecule has 0 saturated carbocycles. The largest absolute Gasteiger partial charge is 0.586 e. The lowest BCUT2D eigenvalue weighted by Crippen LogP contribution is -2.38. The molecule has 3 N–H and O–H groups in total. The van der Waals surface area contributed by atoms with Crippen LogP contribution in [0.1, 0.15) is 61.6 Å². The maximum atomic E-state index is 13.8. The van der Waals surface area contributed by atoms with Gasteiger partial charge in [-0.2, -0.15) is 0 Å². The first kappa shape index (κ1) is 29.1. The van der Waals surface area contributed by atoms with Crippen molar-refractivity contribution in [3.63, 3.8) is 0 Å². The number of aromatic nitrogens is 1. The Hall–Kier alpha value is -4.41. The molecule has 0 radical (unpaired) electrons. The van der Waals surface area contributed by atoms with E-state index >= 15 is 0 Å². The Labute approximate surface area is 241 Å². The van der Waals surface area contributed by atoms with Gasteiger partial charge >= 0.3 is 18.2 Å². The smallest absolute Gasteiger partial charge is 0.497 e. The molecule has 0 saturated heterocycles. The summed E-state index contributed by atoms with van der Waals surface area (Å²) < 4.78 is 42.4. The molecule has 1 aliphatic carbocycles. The van der Waals surface area contributed by atoms with E-state index in [2.05, 4.69) is 10.1 Å². The summed E-state index contributed by atoms with van der Waals surface area (Å²) in [6.07, 6.45) is -3.71. The van der Waals surface area contributed by atoms with Crippen LogP contribution in [0.3, 0.4) is 0 Å². The van der Waals surface area contributed by atoms with Crippen molar-refractivity contribution in [3.05, 3.63) is 76.5 Å². The molecule has 11 heteroatoms. The van der Waals surface area contributed by atoms with Gasteiger partial charge in [0, 0.05) is 17.4 Å². The van der Waals surface area contributed by atoms with Gasteiger partial charge in [0.25, 0.3) is 0 Å². The van der Waals surface area contributed by atoms with Crippen molar-refractivity contribution < 1.29 is 42.8 Å². The van der Waals surface area contributed by atoms with Gasteiger partial charge in [0.2, 0.25) is 0 Å². The number of anilines is 1. The van der Waals surface area contributed by atoms with E-state index in [0.717, 1.165) is 0 Å². The molecule has 1 aromatic heterocycles. The second-order valence-corrected chi connectivity index (χ2v) is 11.3. The molecule has 2 unspecified atom stereocenters. The summed E-state index contributed by atoms with van der Waals surface area (Å²) in [6, 6.07) is 13.1. The van der Waals surface area contributed by atoms with E-state index in [1.807, 2.05) is 13.8 Å². The molecule has 2 aliphatic rings. The third kappa shape index (κ3) is 4.97. The third-order valence-electron chi connectivity index (χ3n) is 8.02. The van der Waals surface area contributed by atoms with Crippen LogP contribution in [-0.2, 0) is 21.4 Å². The second-order valence-electron chi connectivity index (χ2n) is 11.3. The fourth-order valence-corrected chi connectivity index (χ4v) is 6.18. The Bertz CT molecular complexity index is 1560. The van der Waals surface area contributed by atoms with E-state index in [-0.39, 0.29) is 24.0 Å². The predicted octanol–water partition coefficient (Wildman–Crippen LogP) is 5.65. The van der Waals surface area contributed by atoms with E-state index in [0.29, 0.717) is 39.5 Å². The monoisotopic (exact) mass is 582 g/mol. The van der Waals surface area contributed by atoms with Gasteiger partial charge in [-0.05, 0) is 79.8 Å². The number of hydrogen-bond donors (Lipinski definition) is 3. The summed E-state index contributed by atoms with van der Waals surface area (Å²) >= 11 is 0. The Morgan fingerprint density at radius 1 is 1.05 bits per heavy atom. The number of carboxylic acid groups (broad SMARTS) is 2. The number of fused-ring (bicyclic) bond motifs is 2. The number of methoxy groups -OCH3 is 1. The van der Waals surface area contributed by atoms with E-state index in [4.69, 9.17) is 14.5 Å². The third-order valence-corrected chi connectivity index (χ3v) is 8.02. The van der Waals surface area contributed by atoms with Gasteiger partial charge in [-0.1, -0.05) is 25.1 Å². The van der Waals surface area contributed by atoms with Crippen LogP contribution in [0, 0.1) is 11.8 Å². The van der Waals surface area contributed by atoms with Gasteiger partial charge in [0.05, 0.1) is 24.6 Å². The minimum atomic E-state index is -3.83. The summed E-state index contributed by atoms with van der Waals surface area (Å²) in [6.45, 7) is 7.27. The molecule has 5 rings (SSSR count). The number of rotatable bonds is 9. The lowest BCUT2D eigenvalue weighted by Gasteiger charge is -2.34. The Morgan fingerprint density at radius 2 is 1.76 bits per heavy atom. The van der Waals surface area contributed by atoms with Crippen molar-refractivity contribution in [2.75, 3.05) is 12.4 Å². The molecule has 222 valence electrons. The number of ether oxygens (including phenoxy) is 3. The lowest BCUT2D eigenvalue weighted by atomic mass is 9.67. The zero-order valence-electron chi connectivity index (χ0n) is 23.8. The normalized spacial score (nSPS) is 22.5. The molecule has 0 bridgehead atoms. The summed E-state index contributed by atoms with van der Waals surface area (Å²) in [4.78, 5) is 30.0. The van der Waals surface area contributed by atoms with Crippen LogP contribution in [-0.4, -0.2) is 46.6 Å². The lowest BCUT2D eigenvalue weighted by molar-refractivity contribution is -0.286. The van der Waals surface area contributed by atoms with Crippen molar-refractivity contribution in [1.82, 2.24) is 4.98 Å². The highest BCUT2D eigenvalue weighted by molar-refractivity contribution is 5.80. The number of aliphatic carboxylic acids is 2. The molecular weight excluding hydrogens is 550 g/mol. The molecular formula is C31H32F2N2O7. The van der Waals surface area contributed by atoms with Crippen LogP contribution in [0.5, 0.6) is 17.2 Å². The van der Waals surface area contributed by atoms with Crippen molar-refractivity contribution in [1.29, 1.82) is 0 Å². The Balaban J connectivity index is 1.76. The SMILES string of the molecule is COc1ccc(C2(C)c3nc(NC(C)C)ccc3[C@H](c3ccc4c(c3)OC(F)(F)O4)[C@H]2C(=O)O)c(CC(C)C(=O)O)c1. The molecule has 0 fully saturated rings. The van der Waals surface area contributed by atoms with Crippen molar-refractivity contribution in [2.24, 2.45) is 11.8 Å².